The van der Waals surface area contributed by atoms with Crippen LogP contribution in [0.3, 0.4) is 0 Å². The fourth-order valence-corrected chi connectivity index (χ4v) is 2.77. The molecule has 1 aliphatic carbocycles. The van der Waals surface area contributed by atoms with Gasteiger partial charge in [-0.25, -0.2) is 0 Å². The van der Waals surface area contributed by atoms with Gasteiger partial charge in [-0.05, 0) is 60.8 Å². The largest absolute Gasteiger partial charge is 0.330 e. The number of nitrogens with two attached hydrogens (primary N) is 1. The second-order valence-electron chi connectivity index (χ2n) is 6.08. The molecular weight excluding hydrogens is 206 g/mol. The summed E-state index contributed by atoms with van der Waals surface area (Å²) >= 11 is 0. The Kier molecular flexibility index (Phi) is 3.58. The molecule has 0 heterocycles. The maximum Gasteiger partial charge on any atom is -0.00173 e. The van der Waals surface area contributed by atoms with Crippen molar-refractivity contribution in [2.45, 2.75) is 52.4 Å². The minimum absolute atomic E-state index is 0.417. The summed E-state index contributed by atoms with van der Waals surface area (Å²) < 4.78 is 0. The van der Waals surface area contributed by atoms with Crippen molar-refractivity contribution < 1.29 is 0 Å². The van der Waals surface area contributed by atoms with Gasteiger partial charge in [0.15, 0.2) is 0 Å². The summed E-state index contributed by atoms with van der Waals surface area (Å²) in [5.41, 5.74) is 10.8. The van der Waals surface area contributed by atoms with Crippen molar-refractivity contribution >= 4 is 0 Å². The second kappa shape index (κ2) is 4.81. The maximum absolute atomic E-state index is 5.96. The van der Waals surface area contributed by atoms with Gasteiger partial charge in [0, 0.05) is 0 Å². The highest BCUT2D eigenvalue weighted by Gasteiger charge is 2.35. The fraction of sp³-hybridized carbons (Fsp3) is 0.625. The first kappa shape index (κ1) is 12.6. The van der Waals surface area contributed by atoms with Crippen LogP contribution >= 0.6 is 0 Å². The van der Waals surface area contributed by atoms with Crippen LogP contribution in [0.25, 0.3) is 0 Å². The van der Waals surface area contributed by atoms with Crippen LogP contribution in [0.15, 0.2) is 18.2 Å². The minimum atomic E-state index is 0.417. The van der Waals surface area contributed by atoms with E-state index in [-0.39, 0.29) is 0 Å². The highest BCUT2D eigenvalue weighted by molar-refractivity contribution is 5.33. The summed E-state index contributed by atoms with van der Waals surface area (Å²) in [7, 11) is 0. The lowest BCUT2D eigenvalue weighted by atomic mass is 9.65. The SMILES string of the molecule is Cc1ccc(C(C)C)cc1CC1(CN)CCC1. The summed E-state index contributed by atoms with van der Waals surface area (Å²) in [6.07, 6.45) is 5.17. The Morgan fingerprint density at radius 1 is 1.29 bits per heavy atom. The van der Waals surface area contributed by atoms with Crippen LogP contribution in [0.2, 0.25) is 0 Å². The van der Waals surface area contributed by atoms with Crippen LogP contribution in [-0.2, 0) is 6.42 Å². The van der Waals surface area contributed by atoms with Gasteiger partial charge in [-0.15, -0.1) is 0 Å². The number of hydrogen-bond acceptors (Lipinski definition) is 1. The van der Waals surface area contributed by atoms with Gasteiger partial charge in [0.1, 0.15) is 0 Å². The van der Waals surface area contributed by atoms with E-state index in [1.165, 1.54) is 42.4 Å². The van der Waals surface area contributed by atoms with Crippen molar-refractivity contribution in [3.8, 4) is 0 Å². The monoisotopic (exact) mass is 231 g/mol. The highest BCUT2D eigenvalue weighted by atomic mass is 14.6. The second-order valence-corrected chi connectivity index (χ2v) is 6.08. The molecule has 2 N–H and O–H groups in total. The molecule has 0 aromatic heterocycles. The fourth-order valence-electron chi connectivity index (χ4n) is 2.77. The third-order valence-electron chi connectivity index (χ3n) is 4.45. The van der Waals surface area contributed by atoms with Crippen molar-refractivity contribution in [2.24, 2.45) is 11.1 Å². The molecule has 1 nitrogen and oxygen atoms in total. The van der Waals surface area contributed by atoms with E-state index in [4.69, 9.17) is 5.73 Å². The molecule has 1 fully saturated rings. The Labute approximate surface area is 105 Å². The van der Waals surface area contributed by atoms with Crippen LogP contribution in [0.5, 0.6) is 0 Å². The van der Waals surface area contributed by atoms with Crippen LogP contribution in [0, 0.1) is 12.3 Å². The molecule has 0 amide bonds. The topological polar surface area (TPSA) is 26.0 Å². The zero-order chi connectivity index (χ0) is 12.5. The van der Waals surface area contributed by atoms with E-state index in [2.05, 4.69) is 39.0 Å². The van der Waals surface area contributed by atoms with Gasteiger partial charge in [0.25, 0.3) is 0 Å². The van der Waals surface area contributed by atoms with Crippen molar-refractivity contribution in [3.05, 3.63) is 34.9 Å². The average Bonchev–Trinajstić information content (AvgIpc) is 2.25. The summed E-state index contributed by atoms with van der Waals surface area (Å²) in [5.74, 6) is 0.615. The molecule has 0 bridgehead atoms. The van der Waals surface area contributed by atoms with Crippen LogP contribution < -0.4 is 5.73 Å². The quantitative estimate of drug-likeness (QED) is 0.838. The standard InChI is InChI=1S/C16H25N/c1-12(2)14-6-5-13(3)15(9-14)10-16(11-17)7-4-8-16/h5-6,9,12H,4,7-8,10-11,17H2,1-3H3. The van der Waals surface area contributed by atoms with Crippen LogP contribution in [0.1, 0.15) is 55.7 Å². The molecule has 0 spiro atoms. The third kappa shape index (κ3) is 2.55. The van der Waals surface area contributed by atoms with Crippen molar-refractivity contribution in [3.63, 3.8) is 0 Å². The lowest BCUT2D eigenvalue weighted by molar-refractivity contribution is 0.144. The van der Waals surface area contributed by atoms with Gasteiger partial charge < -0.3 is 5.73 Å². The van der Waals surface area contributed by atoms with Crippen LogP contribution in [-0.4, -0.2) is 6.54 Å². The first-order valence-corrected chi connectivity index (χ1v) is 6.86. The van der Waals surface area contributed by atoms with Crippen molar-refractivity contribution in [2.75, 3.05) is 6.54 Å². The van der Waals surface area contributed by atoms with Gasteiger partial charge in [0.2, 0.25) is 0 Å². The summed E-state index contributed by atoms with van der Waals surface area (Å²) in [6, 6.07) is 6.93. The smallest absolute Gasteiger partial charge is 0.00173 e. The average molecular weight is 231 g/mol. The molecule has 1 aromatic carbocycles. The van der Waals surface area contributed by atoms with E-state index in [0.29, 0.717) is 11.3 Å². The van der Waals surface area contributed by atoms with Crippen molar-refractivity contribution in [1.29, 1.82) is 0 Å². The molecule has 94 valence electrons. The number of rotatable bonds is 4. The Morgan fingerprint density at radius 3 is 2.47 bits per heavy atom. The molecule has 0 saturated heterocycles. The Bertz CT molecular complexity index is 383. The molecule has 1 aromatic rings. The van der Waals surface area contributed by atoms with Gasteiger partial charge in [0.05, 0.1) is 0 Å². The summed E-state index contributed by atoms with van der Waals surface area (Å²) in [6.45, 7) is 7.59. The number of benzene rings is 1. The minimum Gasteiger partial charge on any atom is -0.330 e. The summed E-state index contributed by atoms with van der Waals surface area (Å²) in [5, 5.41) is 0. The molecule has 0 radical (unpaired) electrons. The van der Waals surface area contributed by atoms with Gasteiger partial charge >= 0.3 is 0 Å². The van der Waals surface area contributed by atoms with Gasteiger partial charge in [-0.3, -0.25) is 0 Å². The molecular formula is C16H25N. The molecule has 1 saturated carbocycles. The lowest BCUT2D eigenvalue weighted by Gasteiger charge is -2.41. The lowest BCUT2D eigenvalue weighted by Crippen LogP contribution is -2.39. The zero-order valence-electron chi connectivity index (χ0n) is 11.4. The first-order chi connectivity index (χ1) is 8.06. The first-order valence-electron chi connectivity index (χ1n) is 6.86. The Hall–Kier alpha value is -0.820. The summed E-state index contributed by atoms with van der Waals surface area (Å²) in [4.78, 5) is 0. The maximum atomic E-state index is 5.96. The normalized spacial score (nSPS) is 18.2. The van der Waals surface area contributed by atoms with E-state index in [0.717, 1.165) is 6.54 Å². The van der Waals surface area contributed by atoms with Gasteiger partial charge in [-0.1, -0.05) is 38.5 Å². The van der Waals surface area contributed by atoms with Gasteiger partial charge in [-0.2, -0.15) is 0 Å². The highest BCUT2D eigenvalue weighted by Crippen LogP contribution is 2.43. The molecule has 1 heteroatoms. The molecule has 0 unspecified atom stereocenters. The third-order valence-corrected chi connectivity index (χ3v) is 4.45. The molecule has 1 aliphatic rings. The predicted octanol–water partition coefficient (Wildman–Crippen LogP) is 3.79. The van der Waals surface area contributed by atoms with Crippen molar-refractivity contribution in [1.82, 2.24) is 0 Å². The predicted molar refractivity (Wildman–Crippen MR) is 74.3 cm³/mol. The van der Waals surface area contributed by atoms with E-state index in [9.17, 15) is 0 Å². The van der Waals surface area contributed by atoms with E-state index in [1.54, 1.807) is 0 Å². The van der Waals surface area contributed by atoms with E-state index in [1.807, 2.05) is 0 Å². The number of hydrogen-bond donors (Lipinski definition) is 1. The molecule has 0 aliphatic heterocycles. The molecule has 0 atom stereocenters. The number of aryl methyl sites for hydroxylation is 1. The zero-order valence-corrected chi connectivity index (χ0v) is 11.4. The van der Waals surface area contributed by atoms with Crippen LogP contribution in [0.4, 0.5) is 0 Å². The Balaban J connectivity index is 2.22. The Morgan fingerprint density at radius 2 is 2.00 bits per heavy atom. The molecule has 2 rings (SSSR count). The van der Waals surface area contributed by atoms with E-state index < -0.39 is 0 Å². The molecule has 17 heavy (non-hydrogen) atoms. The van der Waals surface area contributed by atoms with E-state index >= 15 is 0 Å².